The molecular formula is C17H21N3S. The number of rotatable bonds is 3. The number of fused-ring (bicyclic) bond motifs is 1. The number of aromatic nitrogens is 1. The van der Waals surface area contributed by atoms with Gasteiger partial charge in [0.1, 0.15) is 5.01 Å². The second kappa shape index (κ2) is 5.52. The minimum Gasteiger partial charge on any atom is -0.327 e. The minimum absolute atomic E-state index is 0.427. The first-order chi connectivity index (χ1) is 10.3. The summed E-state index contributed by atoms with van der Waals surface area (Å²) in [6.07, 6.45) is 4.55. The van der Waals surface area contributed by atoms with Crippen LogP contribution < -0.4 is 5.73 Å². The van der Waals surface area contributed by atoms with E-state index in [2.05, 4.69) is 40.2 Å². The molecular weight excluding hydrogens is 278 g/mol. The van der Waals surface area contributed by atoms with Gasteiger partial charge in [0, 0.05) is 25.3 Å². The van der Waals surface area contributed by atoms with Gasteiger partial charge in [-0.05, 0) is 30.2 Å². The summed E-state index contributed by atoms with van der Waals surface area (Å²) in [4.78, 5) is 8.42. The first-order valence-electron chi connectivity index (χ1n) is 7.77. The molecule has 1 saturated heterocycles. The van der Waals surface area contributed by atoms with Crippen molar-refractivity contribution in [2.45, 2.75) is 25.4 Å². The summed E-state index contributed by atoms with van der Waals surface area (Å²) < 4.78 is 0. The molecule has 3 nitrogen and oxygen atoms in total. The molecule has 1 aliphatic carbocycles. The Morgan fingerprint density at radius 3 is 2.86 bits per heavy atom. The fourth-order valence-corrected chi connectivity index (χ4v) is 4.81. The van der Waals surface area contributed by atoms with Gasteiger partial charge in [-0.25, -0.2) is 4.98 Å². The predicted octanol–water partition coefficient (Wildman–Crippen LogP) is 2.98. The SMILES string of the molecule is N[C@@H]1CC[C@H]2CN(Cc3ncc(-c4ccccc4)s3)C[C@@H]21. The van der Waals surface area contributed by atoms with Crippen LogP contribution in [-0.4, -0.2) is 29.0 Å². The Bertz CT molecular complexity index is 610. The zero-order valence-corrected chi connectivity index (χ0v) is 12.9. The molecule has 2 N–H and O–H groups in total. The van der Waals surface area contributed by atoms with Crippen molar-refractivity contribution in [3.63, 3.8) is 0 Å². The smallest absolute Gasteiger partial charge is 0.107 e. The van der Waals surface area contributed by atoms with Crippen molar-refractivity contribution >= 4 is 11.3 Å². The summed E-state index contributed by atoms with van der Waals surface area (Å²) in [5, 5.41) is 1.22. The molecule has 1 saturated carbocycles. The van der Waals surface area contributed by atoms with Gasteiger partial charge < -0.3 is 5.73 Å². The van der Waals surface area contributed by atoms with Gasteiger partial charge in [-0.3, -0.25) is 4.90 Å². The van der Waals surface area contributed by atoms with Crippen LogP contribution in [0.4, 0.5) is 0 Å². The third kappa shape index (κ3) is 2.63. The zero-order valence-electron chi connectivity index (χ0n) is 12.1. The van der Waals surface area contributed by atoms with Crippen molar-refractivity contribution in [3.05, 3.63) is 41.5 Å². The van der Waals surface area contributed by atoms with Crippen molar-refractivity contribution < 1.29 is 0 Å². The predicted molar refractivity (Wildman–Crippen MR) is 87.0 cm³/mol. The van der Waals surface area contributed by atoms with Crippen molar-refractivity contribution in [1.82, 2.24) is 9.88 Å². The topological polar surface area (TPSA) is 42.1 Å². The molecule has 3 atom stereocenters. The van der Waals surface area contributed by atoms with E-state index in [1.807, 2.05) is 17.5 Å². The Balaban J connectivity index is 1.44. The number of nitrogens with zero attached hydrogens (tertiary/aromatic N) is 2. The number of hydrogen-bond acceptors (Lipinski definition) is 4. The molecule has 0 spiro atoms. The molecule has 2 aromatic rings. The maximum Gasteiger partial charge on any atom is 0.107 e. The van der Waals surface area contributed by atoms with Gasteiger partial charge in [-0.1, -0.05) is 30.3 Å². The highest BCUT2D eigenvalue weighted by atomic mass is 32.1. The summed E-state index contributed by atoms with van der Waals surface area (Å²) >= 11 is 1.82. The number of hydrogen-bond donors (Lipinski definition) is 1. The lowest BCUT2D eigenvalue weighted by Crippen LogP contribution is -2.30. The zero-order chi connectivity index (χ0) is 14.2. The van der Waals surface area contributed by atoms with Gasteiger partial charge >= 0.3 is 0 Å². The summed E-state index contributed by atoms with van der Waals surface area (Å²) in [6.45, 7) is 3.35. The van der Waals surface area contributed by atoms with Gasteiger partial charge in [0.2, 0.25) is 0 Å². The van der Waals surface area contributed by atoms with E-state index in [0.717, 1.165) is 24.9 Å². The molecule has 4 rings (SSSR count). The maximum absolute atomic E-state index is 6.22. The quantitative estimate of drug-likeness (QED) is 0.947. The lowest BCUT2D eigenvalue weighted by molar-refractivity contribution is 0.298. The van der Waals surface area contributed by atoms with Gasteiger partial charge in [0.05, 0.1) is 11.4 Å². The molecule has 21 heavy (non-hydrogen) atoms. The number of nitrogens with two attached hydrogens (primary N) is 1. The van der Waals surface area contributed by atoms with E-state index in [0.29, 0.717) is 6.04 Å². The van der Waals surface area contributed by atoms with E-state index in [4.69, 9.17) is 5.73 Å². The van der Waals surface area contributed by atoms with Crippen LogP contribution in [0.1, 0.15) is 17.8 Å². The summed E-state index contributed by atoms with van der Waals surface area (Å²) in [7, 11) is 0. The Labute approximate surface area is 129 Å². The van der Waals surface area contributed by atoms with Crippen LogP contribution in [0.2, 0.25) is 0 Å². The third-order valence-electron chi connectivity index (χ3n) is 4.96. The van der Waals surface area contributed by atoms with Crippen molar-refractivity contribution in [1.29, 1.82) is 0 Å². The average Bonchev–Trinajstić information content (AvgIpc) is 3.19. The number of thiazole rings is 1. The van der Waals surface area contributed by atoms with Gasteiger partial charge in [0.15, 0.2) is 0 Å². The van der Waals surface area contributed by atoms with Crippen LogP contribution in [0.15, 0.2) is 36.5 Å². The van der Waals surface area contributed by atoms with E-state index >= 15 is 0 Å². The Hall–Kier alpha value is -1.23. The Morgan fingerprint density at radius 1 is 1.19 bits per heavy atom. The molecule has 1 aromatic heterocycles. The third-order valence-corrected chi connectivity index (χ3v) is 5.99. The fraction of sp³-hybridized carbons (Fsp3) is 0.471. The van der Waals surface area contributed by atoms with Crippen LogP contribution in [0, 0.1) is 11.8 Å². The molecule has 0 amide bonds. The van der Waals surface area contributed by atoms with Crippen molar-refractivity contribution in [2.24, 2.45) is 17.6 Å². The van der Waals surface area contributed by atoms with Crippen molar-refractivity contribution in [3.8, 4) is 10.4 Å². The van der Waals surface area contributed by atoms with E-state index in [9.17, 15) is 0 Å². The highest BCUT2D eigenvalue weighted by molar-refractivity contribution is 7.15. The Morgan fingerprint density at radius 2 is 2.05 bits per heavy atom. The van der Waals surface area contributed by atoms with E-state index in [1.165, 1.54) is 34.8 Å². The first-order valence-corrected chi connectivity index (χ1v) is 8.59. The normalized spacial score (nSPS) is 28.9. The second-order valence-corrected chi connectivity index (χ2v) is 7.46. The first kappa shape index (κ1) is 13.4. The molecule has 110 valence electrons. The van der Waals surface area contributed by atoms with Crippen LogP contribution in [0.5, 0.6) is 0 Å². The van der Waals surface area contributed by atoms with Gasteiger partial charge in [-0.2, -0.15) is 0 Å². The number of likely N-dealkylation sites (tertiary alicyclic amines) is 1. The van der Waals surface area contributed by atoms with Crippen molar-refractivity contribution in [2.75, 3.05) is 13.1 Å². The lowest BCUT2D eigenvalue weighted by Gasteiger charge is -2.16. The highest BCUT2D eigenvalue weighted by Gasteiger charge is 2.40. The van der Waals surface area contributed by atoms with Gasteiger partial charge in [0.25, 0.3) is 0 Å². The summed E-state index contributed by atoms with van der Waals surface area (Å²) in [5.41, 5.74) is 7.48. The standard InChI is InChI=1S/C17H21N3S/c18-15-7-6-13-9-20(10-14(13)15)11-17-19-8-16(21-17)12-4-2-1-3-5-12/h1-5,8,13-15H,6-7,9-11,18H2/t13-,14-,15+/m0/s1. The molecule has 2 aliphatic rings. The van der Waals surface area contributed by atoms with Gasteiger partial charge in [-0.15, -0.1) is 11.3 Å². The highest BCUT2D eigenvalue weighted by Crippen LogP contribution is 2.38. The number of benzene rings is 1. The molecule has 2 fully saturated rings. The van der Waals surface area contributed by atoms with Crippen LogP contribution in [0.25, 0.3) is 10.4 Å². The molecule has 1 aliphatic heterocycles. The minimum atomic E-state index is 0.427. The van der Waals surface area contributed by atoms with Crippen LogP contribution >= 0.6 is 11.3 Å². The largest absolute Gasteiger partial charge is 0.327 e. The molecule has 4 heteroatoms. The average molecular weight is 299 g/mol. The second-order valence-electron chi connectivity index (χ2n) is 6.34. The Kier molecular flexibility index (Phi) is 3.53. The van der Waals surface area contributed by atoms with E-state index < -0.39 is 0 Å². The molecule has 2 heterocycles. The molecule has 0 unspecified atom stereocenters. The summed E-state index contributed by atoms with van der Waals surface area (Å²) in [6, 6.07) is 10.9. The fourth-order valence-electron chi connectivity index (χ4n) is 3.84. The molecule has 0 radical (unpaired) electrons. The molecule has 0 bridgehead atoms. The van der Waals surface area contributed by atoms with Crippen LogP contribution in [-0.2, 0) is 6.54 Å². The molecule has 1 aromatic carbocycles. The monoisotopic (exact) mass is 299 g/mol. The van der Waals surface area contributed by atoms with E-state index in [-0.39, 0.29) is 0 Å². The maximum atomic E-state index is 6.22. The lowest BCUT2D eigenvalue weighted by atomic mass is 9.98. The van der Waals surface area contributed by atoms with E-state index in [1.54, 1.807) is 0 Å². The summed E-state index contributed by atoms with van der Waals surface area (Å²) in [5.74, 6) is 1.55. The van der Waals surface area contributed by atoms with Crippen LogP contribution in [0.3, 0.4) is 0 Å².